The maximum Gasteiger partial charge on any atom is 0.335 e. The fraction of sp³-hybridized carbons (Fsp3) is 0.250. The Morgan fingerprint density at radius 2 is 1.91 bits per heavy atom. The summed E-state index contributed by atoms with van der Waals surface area (Å²) in [5.41, 5.74) is 3.63. The number of carbonyl (C=O) groups excluding carboxylic acids is 1. The molecular formula is C20H18O3. The topological polar surface area (TPSA) is 35.5 Å². The van der Waals surface area contributed by atoms with E-state index in [1.165, 1.54) is 17.2 Å². The van der Waals surface area contributed by atoms with Gasteiger partial charge in [-0.3, -0.25) is 0 Å². The van der Waals surface area contributed by atoms with Crippen LogP contribution in [0.5, 0.6) is 11.5 Å². The highest BCUT2D eigenvalue weighted by Gasteiger charge is 2.42. The van der Waals surface area contributed by atoms with Gasteiger partial charge in [0.05, 0.1) is 7.11 Å². The van der Waals surface area contributed by atoms with Gasteiger partial charge in [-0.25, -0.2) is 4.79 Å². The van der Waals surface area contributed by atoms with Crippen LogP contribution in [0.15, 0.2) is 48.6 Å². The first kappa shape index (κ1) is 14.1. The molecule has 4 rings (SSSR count). The number of methoxy groups -OCH3 is 1. The molecule has 0 saturated heterocycles. The Hall–Kier alpha value is -2.55. The Morgan fingerprint density at radius 3 is 2.57 bits per heavy atom. The first-order valence-electron chi connectivity index (χ1n) is 7.80. The van der Waals surface area contributed by atoms with Crippen molar-refractivity contribution in [3.8, 4) is 11.5 Å². The first-order chi connectivity index (χ1) is 11.2. The third kappa shape index (κ3) is 1.86. The summed E-state index contributed by atoms with van der Waals surface area (Å²) in [5, 5.41) is 1.90. The number of allylic oxidation sites excluding steroid dienone is 2. The Bertz CT molecular complexity index is 876. The molecule has 0 N–H and O–H groups in total. The molecule has 2 aromatic carbocycles. The summed E-state index contributed by atoms with van der Waals surface area (Å²) in [7, 11) is 1.71. The van der Waals surface area contributed by atoms with E-state index in [2.05, 4.69) is 19.6 Å². The Balaban J connectivity index is 2.08. The SMILES string of the molecule is C=CC(=O)Oc1c2c(c(OC)c3ccccc13)C1C=C(C)C2C1. The third-order valence-corrected chi connectivity index (χ3v) is 4.99. The standard InChI is InChI=1S/C20H18O3/c1-4-16(21)23-20-14-8-6-5-7-13(14)19(22-3)17-12-9-11(2)15(10-12)18(17)20/h4-9,12,15H,1,10H2,2-3H3. The zero-order valence-electron chi connectivity index (χ0n) is 13.3. The minimum absolute atomic E-state index is 0.307. The van der Waals surface area contributed by atoms with Crippen LogP contribution in [0.25, 0.3) is 10.8 Å². The maximum absolute atomic E-state index is 11.9. The van der Waals surface area contributed by atoms with Crippen molar-refractivity contribution in [2.24, 2.45) is 0 Å². The summed E-state index contributed by atoms with van der Waals surface area (Å²) < 4.78 is 11.4. The number of carbonyl (C=O) groups is 1. The molecule has 0 fully saturated rings. The lowest BCUT2D eigenvalue weighted by molar-refractivity contribution is -0.128. The fourth-order valence-corrected chi connectivity index (χ4v) is 4.09. The van der Waals surface area contributed by atoms with Crippen LogP contribution in [0.2, 0.25) is 0 Å². The summed E-state index contributed by atoms with van der Waals surface area (Å²) in [6.45, 7) is 5.66. The molecule has 2 unspecified atom stereocenters. The van der Waals surface area contributed by atoms with E-state index in [1.807, 2.05) is 24.3 Å². The van der Waals surface area contributed by atoms with Crippen LogP contribution in [0, 0.1) is 0 Å². The van der Waals surface area contributed by atoms with E-state index in [0.29, 0.717) is 17.6 Å². The molecule has 2 aromatic rings. The summed E-state index contributed by atoms with van der Waals surface area (Å²) in [6, 6.07) is 7.93. The van der Waals surface area contributed by atoms with Gasteiger partial charge in [-0.2, -0.15) is 0 Å². The van der Waals surface area contributed by atoms with Crippen molar-refractivity contribution in [2.75, 3.05) is 7.11 Å². The monoisotopic (exact) mass is 306 g/mol. The average molecular weight is 306 g/mol. The molecule has 0 aliphatic heterocycles. The molecule has 2 atom stereocenters. The van der Waals surface area contributed by atoms with Crippen LogP contribution in [0.1, 0.15) is 36.3 Å². The highest BCUT2D eigenvalue weighted by atomic mass is 16.5. The number of ether oxygens (including phenoxy) is 2. The van der Waals surface area contributed by atoms with Gasteiger partial charge in [0.1, 0.15) is 11.5 Å². The van der Waals surface area contributed by atoms with E-state index >= 15 is 0 Å². The predicted octanol–water partition coefficient (Wildman–Crippen LogP) is 4.47. The van der Waals surface area contributed by atoms with Gasteiger partial charge in [0, 0.05) is 39.8 Å². The summed E-state index contributed by atoms with van der Waals surface area (Å²) in [4.78, 5) is 11.9. The molecule has 0 spiro atoms. The molecule has 0 radical (unpaired) electrons. The molecule has 0 aromatic heterocycles. The number of hydrogen-bond donors (Lipinski definition) is 0. The summed E-state index contributed by atoms with van der Waals surface area (Å²) >= 11 is 0. The quantitative estimate of drug-likeness (QED) is 0.363. The minimum atomic E-state index is -0.424. The molecule has 2 aliphatic carbocycles. The average Bonchev–Trinajstić information content (AvgIpc) is 3.12. The largest absolute Gasteiger partial charge is 0.496 e. The second kappa shape index (κ2) is 4.98. The number of fused-ring (bicyclic) bond motifs is 6. The first-order valence-corrected chi connectivity index (χ1v) is 7.80. The van der Waals surface area contributed by atoms with Gasteiger partial charge in [-0.05, 0) is 13.3 Å². The second-order valence-electron chi connectivity index (χ2n) is 6.17. The summed E-state index contributed by atoms with van der Waals surface area (Å²) in [5.74, 6) is 1.80. The van der Waals surface area contributed by atoms with E-state index in [9.17, 15) is 4.79 Å². The third-order valence-electron chi connectivity index (χ3n) is 4.99. The van der Waals surface area contributed by atoms with Gasteiger partial charge in [0.15, 0.2) is 0 Å². The lowest BCUT2D eigenvalue weighted by Gasteiger charge is -2.23. The van der Waals surface area contributed by atoms with Gasteiger partial charge in [-0.15, -0.1) is 0 Å². The lowest BCUT2D eigenvalue weighted by Crippen LogP contribution is -2.10. The van der Waals surface area contributed by atoms with Crippen molar-refractivity contribution < 1.29 is 14.3 Å². The molecule has 0 amide bonds. The molecule has 0 saturated carbocycles. The van der Waals surface area contributed by atoms with Gasteiger partial charge in [0.25, 0.3) is 0 Å². The minimum Gasteiger partial charge on any atom is -0.496 e. The zero-order chi connectivity index (χ0) is 16.1. The van der Waals surface area contributed by atoms with Crippen molar-refractivity contribution in [3.63, 3.8) is 0 Å². The van der Waals surface area contributed by atoms with Gasteiger partial charge >= 0.3 is 5.97 Å². The maximum atomic E-state index is 11.9. The summed E-state index contributed by atoms with van der Waals surface area (Å²) in [6.07, 6.45) is 4.55. The fourth-order valence-electron chi connectivity index (χ4n) is 4.09. The van der Waals surface area contributed by atoms with Gasteiger partial charge in [0.2, 0.25) is 0 Å². The van der Waals surface area contributed by atoms with E-state index in [-0.39, 0.29) is 0 Å². The lowest BCUT2D eigenvalue weighted by atomic mass is 9.87. The zero-order valence-corrected chi connectivity index (χ0v) is 13.3. The second-order valence-corrected chi connectivity index (χ2v) is 6.17. The smallest absolute Gasteiger partial charge is 0.335 e. The Morgan fingerprint density at radius 1 is 1.22 bits per heavy atom. The van der Waals surface area contributed by atoms with Crippen molar-refractivity contribution in [1.82, 2.24) is 0 Å². The predicted molar refractivity (Wildman–Crippen MR) is 90.2 cm³/mol. The number of benzene rings is 2. The van der Waals surface area contributed by atoms with E-state index in [4.69, 9.17) is 9.47 Å². The number of rotatable bonds is 3. The molecule has 23 heavy (non-hydrogen) atoms. The highest BCUT2D eigenvalue weighted by Crippen LogP contribution is 2.60. The van der Waals surface area contributed by atoms with Gasteiger partial charge in [-0.1, -0.05) is 42.5 Å². The van der Waals surface area contributed by atoms with Crippen LogP contribution in [-0.2, 0) is 4.79 Å². The molecule has 0 heterocycles. The van der Waals surface area contributed by atoms with E-state index < -0.39 is 5.97 Å². The molecule has 3 nitrogen and oxygen atoms in total. The number of hydrogen-bond acceptors (Lipinski definition) is 3. The Kier molecular flexibility index (Phi) is 3.05. The van der Waals surface area contributed by atoms with Crippen molar-refractivity contribution in [1.29, 1.82) is 0 Å². The molecule has 2 aliphatic rings. The molecule has 3 heteroatoms. The van der Waals surface area contributed by atoms with Gasteiger partial charge < -0.3 is 9.47 Å². The molecular weight excluding hydrogens is 288 g/mol. The molecule has 116 valence electrons. The van der Waals surface area contributed by atoms with E-state index in [1.54, 1.807) is 7.11 Å². The van der Waals surface area contributed by atoms with Crippen LogP contribution in [0.3, 0.4) is 0 Å². The molecule has 2 bridgehead atoms. The van der Waals surface area contributed by atoms with Crippen LogP contribution in [-0.4, -0.2) is 13.1 Å². The van der Waals surface area contributed by atoms with Crippen LogP contribution >= 0.6 is 0 Å². The van der Waals surface area contributed by atoms with Crippen LogP contribution in [0.4, 0.5) is 0 Å². The van der Waals surface area contributed by atoms with Crippen molar-refractivity contribution >= 4 is 16.7 Å². The van der Waals surface area contributed by atoms with Crippen LogP contribution < -0.4 is 9.47 Å². The number of esters is 1. The normalized spacial score (nSPS) is 21.0. The van der Waals surface area contributed by atoms with Crippen molar-refractivity contribution in [3.05, 3.63) is 59.7 Å². The Labute approximate surface area is 135 Å². The van der Waals surface area contributed by atoms with Crippen molar-refractivity contribution in [2.45, 2.75) is 25.2 Å². The van der Waals surface area contributed by atoms with E-state index in [0.717, 1.165) is 28.5 Å². The highest BCUT2D eigenvalue weighted by molar-refractivity contribution is 5.99.